The van der Waals surface area contributed by atoms with Crippen LogP contribution in [0.15, 0.2) is 52.1 Å². The third kappa shape index (κ3) is 2.98. The van der Waals surface area contributed by atoms with Gasteiger partial charge in [0.15, 0.2) is 10.2 Å². The van der Waals surface area contributed by atoms with Crippen molar-refractivity contribution < 1.29 is 5.21 Å². The maximum Gasteiger partial charge on any atom is 0.189 e. The number of fused-ring (bicyclic) bond motifs is 1. The van der Waals surface area contributed by atoms with Crippen molar-refractivity contribution in [2.45, 2.75) is 10.1 Å². The van der Waals surface area contributed by atoms with Crippen LogP contribution in [0.3, 0.4) is 0 Å². The Balaban J connectivity index is 1.81. The van der Waals surface area contributed by atoms with E-state index in [1.807, 2.05) is 30.3 Å². The number of nitrogens with zero attached hydrogens (tertiary/aromatic N) is 3. The van der Waals surface area contributed by atoms with Gasteiger partial charge in [0.05, 0.1) is 10.2 Å². The Bertz CT molecular complexity index is 767. The van der Waals surface area contributed by atoms with Crippen molar-refractivity contribution in [3.05, 3.63) is 53.9 Å². The van der Waals surface area contributed by atoms with Crippen LogP contribution >= 0.6 is 23.1 Å². The van der Waals surface area contributed by atoms with Crippen molar-refractivity contribution in [3.63, 3.8) is 0 Å². The van der Waals surface area contributed by atoms with Gasteiger partial charge in [0.1, 0.15) is 5.69 Å². The predicted molar refractivity (Wildman–Crippen MR) is 85.9 cm³/mol. The van der Waals surface area contributed by atoms with Crippen LogP contribution in [0.4, 0.5) is 0 Å². The number of oxime groups is 1. The molecule has 0 saturated heterocycles. The Morgan fingerprint density at radius 2 is 2.14 bits per heavy atom. The van der Waals surface area contributed by atoms with Crippen molar-refractivity contribution >= 4 is 39.2 Å². The fourth-order valence-electron chi connectivity index (χ4n) is 1.89. The highest BCUT2D eigenvalue weighted by Gasteiger charge is 2.10. The van der Waals surface area contributed by atoms with E-state index in [2.05, 4.69) is 21.2 Å². The SMILES string of the molecule is NC(=NO)c1ncccc1CSc1nc2ccccc2s1. The predicted octanol–water partition coefficient (Wildman–Crippen LogP) is 3.08. The fourth-order valence-corrected chi connectivity index (χ4v) is 3.94. The van der Waals surface area contributed by atoms with E-state index < -0.39 is 0 Å². The Morgan fingerprint density at radius 1 is 1.29 bits per heavy atom. The lowest BCUT2D eigenvalue weighted by Crippen LogP contribution is -2.17. The van der Waals surface area contributed by atoms with Gasteiger partial charge in [0.25, 0.3) is 0 Å². The summed E-state index contributed by atoms with van der Waals surface area (Å²) >= 11 is 3.27. The van der Waals surface area contributed by atoms with Gasteiger partial charge in [0, 0.05) is 11.9 Å². The summed E-state index contributed by atoms with van der Waals surface area (Å²) in [7, 11) is 0. The van der Waals surface area contributed by atoms with Crippen LogP contribution < -0.4 is 5.73 Å². The highest BCUT2D eigenvalue weighted by Crippen LogP contribution is 2.31. The lowest BCUT2D eigenvalue weighted by Gasteiger charge is -2.05. The zero-order valence-electron chi connectivity index (χ0n) is 10.9. The zero-order chi connectivity index (χ0) is 14.7. The summed E-state index contributed by atoms with van der Waals surface area (Å²) in [5.41, 5.74) is 8.07. The van der Waals surface area contributed by atoms with Gasteiger partial charge in [-0.3, -0.25) is 4.98 Å². The summed E-state index contributed by atoms with van der Waals surface area (Å²) in [6.45, 7) is 0. The minimum atomic E-state index is 0.0236. The van der Waals surface area contributed by atoms with Crippen LogP contribution in [0.5, 0.6) is 0 Å². The highest BCUT2D eigenvalue weighted by molar-refractivity contribution is 8.00. The molecule has 2 aromatic heterocycles. The average Bonchev–Trinajstić information content (AvgIpc) is 2.95. The van der Waals surface area contributed by atoms with Crippen molar-refractivity contribution in [2.75, 3.05) is 0 Å². The molecule has 0 aliphatic carbocycles. The Labute approximate surface area is 129 Å². The molecule has 0 unspecified atom stereocenters. The summed E-state index contributed by atoms with van der Waals surface area (Å²) in [5.74, 6) is 0.689. The molecule has 0 radical (unpaired) electrons. The standard InChI is InChI=1S/C14H12N4OS2/c15-13(18-19)12-9(4-3-7-16-12)8-20-14-17-10-5-1-2-6-11(10)21-14/h1-7,19H,8H2,(H2,15,18). The number of thioether (sulfide) groups is 1. The highest BCUT2D eigenvalue weighted by atomic mass is 32.2. The third-order valence-electron chi connectivity index (χ3n) is 2.87. The molecule has 21 heavy (non-hydrogen) atoms. The van der Waals surface area contributed by atoms with Crippen LogP contribution in [0.25, 0.3) is 10.2 Å². The molecule has 3 rings (SSSR count). The number of hydrogen-bond acceptors (Lipinski definition) is 6. The molecule has 2 heterocycles. The second kappa shape index (κ2) is 6.11. The molecule has 0 atom stereocenters. The van der Waals surface area contributed by atoms with E-state index in [4.69, 9.17) is 10.9 Å². The molecule has 0 aliphatic heterocycles. The Kier molecular flexibility index (Phi) is 4.03. The first kappa shape index (κ1) is 13.8. The van der Waals surface area contributed by atoms with E-state index in [9.17, 15) is 0 Å². The van der Waals surface area contributed by atoms with Gasteiger partial charge in [-0.1, -0.05) is 35.1 Å². The molecule has 0 amide bonds. The van der Waals surface area contributed by atoms with Gasteiger partial charge in [0.2, 0.25) is 0 Å². The molecule has 106 valence electrons. The number of benzene rings is 1. The molecule has 1 aromatic carbocycles. The van der Waals surface area contributed by atoms with Crippen molar-refractivity contribution in [2.24, 2.45) is 10.9 Å². The second-order valence-electron chi connectivity index (χ2n) is 4.23. The number of aromatic nitrogens is 2. The van der Waals surface area contributed by atoms with E-state index >= 15 is 0 Å². The fraction of sp³-hybridized carbons (Fsp3) is 0.0714. The summed E-state index contributed by atoms with van der Waals surface area (Å²) in [6, 6.07) is 11.8. The van der Waals surface area contributed by atoms with Crippen molar-refractivity contribution in [1.82, 2.24) is 9.97 Å². The van der Waals surface area contributed by atoms with Gasteiger partial charge in [-0.05, 0) is 23.8 Å². The van der Waals surface area contributed by atoms with Crippen molar-refractivity contribution in [3.8, 4) is 0 Å². The van der Waals surface area contributed by atoms with Gasteiger partial charge in [-0.15, -0.1) is 11.3 Å². The molecular formula is C14H12N4OS2. The number of amidine groups is 1. The van der Waals surface area contributed by atoms with Crippen LogP contribution in [0.2, 0.25) is 0 Å². The molecular weight excluding hydrogens is 304 g/mol. The van der Waals surface area contributed by atoms with Crippen LogP contribution in [0, 0.1) is 0 Å². The lowest BCUT2D eigenvalue weighted by atomic mass is 10.2. The van der Waals surface area contributed by atoms with Crippen LogP contribution in [-0.4, -0.2) is 21.0 Å². The smallest absolute Gasteiger partial charge is 0.189 e. The topological polar surface area (TPSA) is 84.4 Å². The Hall–Kier alpha value is -2.12. The molecule has 0 fully saturated rings. The first-order valence-electron chi connectivity index (χ1n) is 6.18. The molecule has 0 spiro atoms. The largest absolute Gasteiger partial charge is 0.409 e. The first-order chi connectivity index (χ1) is 10.3. The molecule has 5 nitrogen and oxygen atoms in total. The minimum Gasteiger partial charge on any atom is -0.409 e. The summed E-state index contributed by atoms with van der Waals surface area (Å²) in [6.07, 6.45) is 1.62. The summed E-state index contributed by atoms with van der Waals surface area (Å²) in [4.78, 5) is 8.73. The lowest BCUT2D eigenvalue weighted by molar-refractivity contribution is 0.318. The van der Waals surface area contributed by atoms with Gasteiger partial charge in [-0.25, -0.2) is 4.98 Å². The van der Waals surface area contributed by atoms with E-state index in [0.29, 0.717) is 11.4 Å². The first-order valence-corrected chi connectivity index (χ1v) is 7.98. The van der Waals surface area contributed by atoms with Crippen molar-refractivity contribution in [1.29, 1.82) is 0 Å². The van der Waals surface area contributed by atoms with Gasteiger partial charge >= 0.3 is 0 Å². The van der Waals surface area contributed by atoms with Crippen LogP contribution in [0.1, 0.15) is 11.3 Å². The zero-order valence-corrected chi connectivity index (χ0v) is 12.6. The second-order valence-corrected chi connectivity index (χ2v) is 6.49. The minimum absolute atomic E-state index is 0.0236. The quantitative estimate of drug-likeness (QED) is 0.254. The molecule has 3 N–H and O–H groups in total. The molecule has 0 bridgehead atoms. The van der Waals surface area contributed by atoms with E-state index in [1.54, 1.807) is 29.3 Å². The molecule has 0 aliphatic rings. The molecule has 7 heteroatoms. The maximum absolute atomic E-state index is 8.80. The average molecular weight is 316 g/mol. The number of pyridine rings is 1. The van der Waals surface area contributed by atoms with Crippen LogP contribution in [-0.2, 0) is 5.75 Å². The summed E-state index contributed by atoms with van der Waals surface area (Å²) in [5, 5.41) is 11.8. The number of rotatable bonds is 4. The number of hydrogen-bond donors (Lipinski definition) is 2. The number of nitrogens with two attached hydrogens (primary N) is 1. The van der Waals surface area contributed by atoms with E-state index in [1.165, 1.54) is 4.70 Å². The monoisotopic (exact) mass is 316 g/mol. The molecule has 3 aromatic rings. The molecule has 0 saturated carbocycles. The maximum atomic E-state index is 8.80. The Morgan fingerprint density at radius 3 is 2.95 bits per heavy atom. The number of thiazole rings is 1. The van der Waals surface area contributed by atoms with E-state index in [-0.39, 0.29) is 5.84 Å². The summed E-state index contributed by atoms with van der Waals surface area (Å²) < 4.78 is 2.16. The third-order valence-corrected chi connectivity index (χ3v) is 5.10. The van der Waals surface area contributed by atoms with E-state index in [0.717, 1.165) is 15.4 Å². The number of para-hydroxylation sites is 1. The van der Waals surface area contributed by atoms with Gasteiger partial charge in [-0.2, -0.15) is 0 Å². The normalized spacial score (nSPS) is 11.9. The van der Waals surface area contributed by atoms with Gasteiger partial charge < -0.3 is 10.9 Å².